The Bertz CT molecular complexity index is 1170. The molecule has 34 heavy (non-hydrogen) atoms. The number of halogens is 1. The van der Waals surface area contributed by atoms with Gasteiger partial charge in [-0.3, -0.25) is 9.59 Å². The number of amides is 1. The first-order valence-electron chi connectivity index (χ1n) is 11.2. The molecule has 2 aliphatic rings. The lowest BCUT2D eigenvalue weighted by Crippen LogP contribution is -2.52. The van der Waals surface area contributed by atoms with Crippen molar-refractivity contribution < 1.29 is 27.5 Å². The third-order valence-corrected chi connectivity index (χ3v) is 7.66. The van der Waals surface area contributed by atoms with E-state index >= 15 is 0 Å². The van der Waals surface area contributed by atoms with Gasteiger partial charge in [0, 0.05) is 25.3 Å². The molecule has 1 aromatic carbocycles. The molecule has 11 heteroatoms. The van der Waals surface area contributed by atoms with E-state index in [1.165, 1.54) is 10.5 Å². The van der Waals surface area contributed by atoms with E-state index in [4.69, 9.17) is 0 Å². The number of carboxylic acid groups (broad SMARTS) is 1. The number of anilines is 1. The van der Waals surface area contributed by atoms with Crippen molar-refractivity contribution >= 4 is 27.7 Å². The van der Waals surface area contributed by atoms with Gasteiger partial charge >= 0.3 is 5.97 Å². The number of sulfonamides is 1. The number of nitrogens with zero attached hydrogens (tertiary/aromatic N) is 2. The van der Waals surface area contributed by atoms with Crippen molar-refractivity contribution in [1.29, 1.82) is 0 Å². The Labute approximate surface area is 197 Å². The highest BCUT2D eigenvalue weighted by atomic mass is 32.2. The normalized spacial score (nSPS) is 16.8. The zero-order valence-electron chi connectivity index (χ0n) is 18.5. The SMILES string of the molecule is O=C(O)[C@H](CC(=O)N1CC(CCc2ccc3c(n2)NCCC3)C1)NS(=O)(=O)c1ccc(F)cc1. The van der Waals surface area contributed by atoms with Crippen LogP contribution in [0.15, 0.2) is 41.3 Å². The number of carbonyl (C=O) groups is 2. The lowest BCUT2D eigenvalue weighted by molar-refractivity contribution is -0.145. The second kappa shape index (κ2) is 10.1. The zero-order valence-corrected chi connectivity index (χ0v) is 19.4. The number of fused-ring (bicyclic) bond motifs is 1. The molecular weight excluding hydrogens is 463 g/mol. The van der Waals surface area contributed by atoms with Gasteiger partial charge in [0.25, 0.3) is 0 Å². The average molecular weight is 491 g/mol. The smallest absolute Gasteiger partial charge is 0.322 e. The summed E-state index contributed by atoms with van der Waals surface area (Å²) in [6, 6.07) is 6.53. The number of hydrogen-bond donors (Lipinski definition) is 3. The maximum absolute atomic E-state index is 13.1. The molecule has 1 aromatic heterocycles. The van der Waals surface area contributed by atoms with Gasteiger partial charge in [0.05, 0.1) is 11.3 Å². The minimum atomic E-state index is -4.22. The largest absolute Gasteiger partial charge is 0.480 e. The van der Waals surface area contributed by atoms with Gasteiger partial charge in [-0.05, 0) is 67.5 Å². The molecular formula is C23H27FN4O5S. The van der Waals surface area contributed by atoms with Gasteiger partial charge in [0.2, 0.25) is 15.9 Å². The highest BCUT2D eigenvalue weighted by Crippen LogP contribution is 2.24. The highest BCUT2D eigenvalue weighted by molar-refractivity contribution is 7.89. The number of benzene rings is 1. The summed E-state index contributed by atoms with van der Waals surface area (Å²) in [6.07, 6.45) is 3.29. The van der Waals surface area contributed by atoms with Crippen LogP contribution < -0.4 is 10.0 Å². The summed E-state index contributed by atoms with van der Waals surface area (Å²) in [4.78, 5) is 30.1. The van der Waals surface area contributed by atoms with E-state index < -0.39 is 40.2 Å². The van der Waals surface area contributed by atoms with Crippen molar-refractivity contribution in [2.45, 2.75) is 43.0 Å². The number of hydrogen-bond acceptors (Lipinski definition) is 6. The van der Waals surface area contributed by atoms with E-state index in [1.54, 1.807) is 0 Å². The van der Waals surface area contributed by atoms with E-state index in [0.29, 0.717) is 13.1 Å². The molecule has 0 unspecified atom stereocenters. The molecule has 1 fully saturated rings. The molecule has 1 amide bonds. The summed E-state index contributed by atoms with van der Waals surface area (Å²) in [5.41, 5.74) is 2.23. The topological polar surface area (TPSA) is 129 Å². The van der Waals surface area contributed by atoms with Crippen molar-refractivity contribution in [3.8, 4) is 0 Å². The molecule has 3 N–H and O–H groups in total. The Morgan fingerprint density at radius 1 is 1.21 bits per heavy atom. The highest BCUT2D eigenvalue weighted by Gasteiger charge is 2.34. The van der Waals surface area contributed by atoms with Crippen LogP contribution in [-0.2, 0) is 32.5 Å². The average Bonchev–Trinajstić information content (AvgIpc) is 2.77. The monoisotopic (exact) mass is 490 g/mol. The van der Waals surface area contributed by atoms with Crippen LogP contribution >= 0.6 is 0 Å². The van der Waals surface area contributed by atoms with Gasteiger partial charge < -0.3 is 15.3 Å². The summed E-state index contributed by atoms with van der Waals surface area (Å²) >= 11 is 0. The third-order valence-electron chi connectivity index (χ3n) is 6.17. The molecule has 2 aliphatic heterocycles. The number of aryl methyl sites for hydroxylation is 2. The van der Waals surface area contributed by atoms with E-state index in [1.807, 2.05) is 10.8 Å². The number of aliphatic carboxylic acids is 1. The maximum Gasteiger partial charge on any atom is 0.322 e. The minimum Gasteiger partial charge on any atom is -0.480 e. The molecule has 182 valence electrons. The summed E-state index contributed by atoms with van der Waals surface area (Å²) < 4.78 is 39.9. The molecule has 3 heterocycles. The summed E-state index contributed by atoms with van der Waals surface area (Å²) in [7, 11) is -4.22. The van der Waals surface area contributed by atoms with Gasteiger partial charge in [-0.25, -0.2) is 17.8 Å². The second-order valence-electron chi connectivity index (χ2n) is 8.71. The molecule has 0 radical (unpaired) electrons. The van der Waals surface area contributed by atoms with Crippen LogP contribution in [0.1, 0.15) is 30.5 Å². The van der Waals surface area contributed by atoms with Crippen molar-refractivity contribution in [2.24, 2.45) is 5.92 Å². The zero-order chi connectivity index (χ0) is 24.3. The molecule has 9 nitrogen and oxygen atoms in total. The Morgan fingerprint density at radius 3 is 2.65 bits per heavy atom. The van der Waals surface area contributed by atoms with Crippen LogP contribution in [0.4, 0.5) is 10.2 Å². The fraction of sp³-hybridized carbons (Fsp3) is 0.435. The lowest BCUT2D eigenvalue weighted by Gasteiger charge is -2.40. The fourth-order valence-electron chi connectivity index (χ4n) is 4.17. The number of nitrogens with one attached hydrogen (secondary N) is 2. The summed E-state index contributed by atoms with van der Waals surface area (Å²) in [6.45, 7) is 1.93. The molecule has 4 rings (SSSR count). The third kappa shape index (κ3) is 5.71. The van der Waals surface area contributed by atoms with Crippen LogP contribution in [0.3, 0.4) is 0 Å². The molecule has 1 atom stereocenters. The number of carbonyl (C=O) groups excluding carboxylic acids is 1. The minimum absolute atomic E-state index is 0.275. The van der Waals surface area contributed by atoms with Gasteiger partial charge in [0.15, 0.2) is 0 Å². The number of rotatable bonds is 9. The van der Waals surface area contributed by atoms with E-state index in [2.05, 4.69) is 16.4 Å². The van der Waals surface area contributed by atoms with Crippen LogP contribution in [0.25, 0.3) is 0 Å². The maximum atomic E-state index is 13.1. The van der Waals surface area contributed by atoms with Gasteiger partial charge in [-0.1, -0.05) is 6.07 Å². The second-order valence-corrected chi connectivity index (χ2v) is 10.4. The van der Waals surface area contributed by atoms with E-state index in [0.717, 1.165) is 68.0 Å². The predicted molar refractivity (Wildman–Crippen MR) is 122 cm³/mol. The first-order valence-corrected chi connectivity index (χ1v) is 12.7. The van der Waals surface area contributed by atoms with Gasteiger partial charge in [-0.2, -0.15) is 4.72 Å². The number of likely N-dealkylation sites (tertiary alicyclic amines) is 1. The Kier molecular flexibility index (Phi) is 7.13. The Hall–Kier alpha value is -3.05. The molecule has 1 saturated heterocycles. The summed E-state index contributed by atoms with van der Waals surface area (Å²) in [5, 5.41) is 12.7. The standard InChI is InChI=1S/C23H27FN4O5S/c24-17-5-9-19(10-6-17)34(32,33)27-20(23(30)31)12-21(29)28-13-15(14-28)3-7-18-8-4-16-2-1-11-25-22(16)26-18/h4-6,8-10,15,20,27H,1-3,7,11-14H2,(H,25,26)(H,30,31)/t20-/m0/s1. The summed E-state index contributed by atoms with van der Waals surface area (Å²) in [5.74, 6) is -1.26. The Morgan fingerprint density at radius 2 is 1.94 bits per heavy atom. The van der Waals surface area contributed by atoms with E-state index in [9.17, 15) is 27.5 Å². The molecule has 0 bridgehead atoms. The molecule has 0 aliphatic carbocycles. The van der Waals surface area contributed by atoms with Crippen LogP contribution in [0.2, 0.25) is 0 Å². The van der Waals surface area contributed by atoms with Crippen LogP contribution in [-0.4, -0.2) is 61.0 Å². The number of carboxylic acids is 1. The quantitative estimate of drug-likeness (QED) is 0.489. The van der Waals surface area contributed by atoms with Crippen LogP contribution in [0, 0.1) is 11.7 Å². The Balaban J connectivity index is 1.26. The molecule has 2 aromatic rings. The first-order chi connectivity index (χ1) is 16.2. The molecule has 0 saturated carbocycles. The van der Waals surface area contributed by atoms with Crippen molar-refractivity contribution in [3.05, 3.63) is 53.5 Å². The fourth-order valence-corrected chi connectivity index (χ4v) is 5.36. The number of aromatic nitrogens is 1. The van der Waals surface area contributed by atoms with Gasteiger partial charge in [0.1, 0.15) is 17.7 Å². The predicted octanol–water partition coefficient (Wildman–Crippen LogP) is 1.79. The van der Waals surface area contributed by atoms with Crippen molar-refractivity contribution in [1.82, 2.24) is 14.6 Å². The van der Waals surface area contributed by atoms with Crippen LogP contribution in [0.5, 0.6) is 0 Å². The van der Waals surface area contributed by atoms with Crippen molar-refractivity contribution in [3.63, 3.8) is 0 Å². The lowest BCUT2D eigenvalue weighted by atomic mass is 9.93. The van der Waals surface area contributed by atoms with Crippen molar-refractivity contribution in [2.75, 3.05) is 25.0 Å². The van der Waals surface area contributed by atoms with Gasteiger partial charge in [-0.15, -0.1) is 0 Å². The number of pyridine rings is 1. The first kappa shape index (κ1) is 24.1. The van der Waals surface area contributed by atoms with E-state index in [-0.39, 0.29) is 10.8 Å². The molecule has 0 spiro atoms.